The van der Waals surface area contributed by atoms with Crippen LogP contribution in [0.15, 0.2) is 59.6 Å². The second kappa shape index (κ2) is 13.4. The van der Waals surface area contributed by atoms with Crippen LogP contribution in [0.1, 0.15) is 18.1 Å². The molecular formula is C21H30IN3O2. The van der Waals surface area contributed by atoms with Crippen LogP contribution in [0, 0.1) is 0 Å². The van der Waals surface area contributed by atoms with Crippen molar-refractivity contribution >= 4 is 29.9 Å². The molecule has 0 fully saturated rings. The standard InChI is InChI=1S/C21H29N3O2.HI/c1-17(15-25-3)24-21(22-2)23-14-13-18-9-11-20(12-10-18)26-16-19-7-5-4-6-8-19;/h4-12,17H,13-16H2,1-3H3,(H2,22,23,24);1H. The summed E-state index contributed by atoms with van der Waals surface area (Å²) < 4.78 is 10.9. The van der Waals surface area contributed by atoms with Crippen LogP contribution in [0.25, 0.3) is 0 Å². The van der Waals surface area contributed by atoms with Crippen LogP contribution in [0.5, 0.6) is 5.75 Å². The fraction of sp³-hybridized carbons (Fsp3) is 0.381. The van der Waals surface area contributed by atoms with Gasteiger partial charge in [-0.2, -0.15) is 0 Å². The van der Waals surface area contributed by atoms with Crippen LogP contribution in [0.4, 0.5) is 0 Å². The minimum atomic E-state index is 0. The van der Waals surface area contributed by atoms with E-state index in [1.165, 1.54) is 11.1 Å². The highest BCUT2D eigenvalue weighted by atomic mass is 127. The molecule has 2 rings (SSSR count). The van der Waals surface area contributed by atoms with E-state index in [-0.39, 0.29) is 30.0 Å². The monoisotopic (exact) mass is 483 g/mol. The molecule has 6 heteroatoms. The number of benzene rings is 2. The predicted octanol–water partition coefficient (Wildman–Crippen LogP) is 3.63. The molecule has 1 unspecified atom stereocenters. The van der Waals surface area contributed by atoms with Gasteiger partial charge in [-0.15, -0.1) is 24.0 Å². The zero-order valence-electron chi connectivity index (χ0n) is 16.3. The van der Waals surface area contributed by atoms with E-state index in [0.29, 0.717) is 13.2 Å². The minimum absolute atomic E-state index is 0. The molecule has 0 aliphatic carbocycles. The summed E-state index contributed by atoms with van der Waals surface area (Å²) in [6.45, 7) is 4.10. The SMILES string of the molecule is CN=C(NCCc1ccc(OCc2ccccc2)cc1)NC(C)COC.I. The quantitative estimate of drug-likeness (QED) is 0.325. The normalized spacial score (nSPS) is 12.0. The Morgan fingerprint density at radius 2 is 1.74 bits per heavy atom. The zero-order valence-corrected chi connectivity index (χ0v) is 18.6. The topological polar surface area (TPSA) is 54.9 Å². The molecule has 0 aliphatic rings. The molecule has 0 radical (unpaired) electrons. The van der Waals surface area contributed by atoms with Gasteiger partial charge in [-0.05, 0) is 36.6 Å². The van der Waals surface area contributed by atoms with Gasteiger partial charge in [-0.1, -0.05) is 42.5 Å². The lowest BCUT2D eigenvalue weighted by Gasteiger charge is -2.17. The van der Waals surface area contributed by atoms with Crippen molar-refractivity contribution in [3.05, 3.63) is 65.7 Å². The lowest BCUT2D eigenvalue weighted by atomic mass is 10.1. The van der Waals surface area contributed by atoms with Crippen molar-refractivity contribution < 1.29 is 9.47 Å². The Morgan fingerprint density at radius 3 is 2.37 bits per heavy atom. The van der Waals surface area contributed by atoms with Crippen molar-refractivity contribution in [1.82, 2.24) is 10.6 Å². The first-order chi connectivity index (χ1) is 12.7. The summed E-state index contributed by atoms with van der Waals surface area (Å²) >= 11 is 0. The molecule has 5 nitrogen and oxygen atoms in total. The maximum absolute atomic E-state index is 5.82. The maximum atomic E-state index is 5.82. The van der Waals surface area contributed by atoms with Crippen molar-refractivity contribution in [1.29, 1.82) is 0 Å². The lowest BCUT2D eigenvalue weighted by molar-refractivity contribution is 0.179. The maximum Gasteiger partial charge on any atom is 0.191 e. The van der Waals surface area contributed by atoms with E-state index in [4.69, 9.17) is 9.47 Å². The molecule has 1 atom stereocenters. The molecule has 2 aromatic rings. The number of nitrogens with one attached hydrogen (secondary N) is 2. The molecule has 148 valence electrons. The van der Waals surface area contributed by atoms with Crippen LogP contribution < -0.4 is 15.4 Å². The Balaban J connectivity index is 0.00000364. The second-order valence-electron chi connectivity index (χ2n) is 6.17. The highest BCUT2D eigenvalue weighted by Crippen LogP contribution is 2.14. The van der Waals surface area contributed by atoms with Crippen LogP contribution in [0.2, 0.25) is 0 Å². The van der Waals surface area contributed by atoms with Gasteiger partial charge in [-0.25, -0.2) is 0 Å². The summed E-state index contributed by atoms with van der Waals surface area (Å²) in [4.78, 5) is 4.23. The number of methoxy groups -OCH3 is 1. The average molecular weight is 483 g/mol. The number of hydrogen-bond donors (Lipinski definition) is 2. The van der Waals surface area contributed by atoms with Gasteiger partial charge in [0.15, 0.2) is 5.96 Å². The molecule has 0 amide bonds. The van der Waals surface area contributed by atoms with Gasteiger partial charge in [0, 0.05) is 26.7 Å². The highest BCUT2D eigenvalue weighted by molar-refractivity contribution is 14.0. The third kappa shape index (κ3) is 9.10. The Bertz CT molecular complexity index is 663. The molecule has 27 heavy (non-hydrogen) atoms. The van der Waals surface area contributed by atoms with Crippen LogP contribution in [-0.4, -0.2) is 39.3 Å². The third-order valence-corrected chi connectivity index (χ3v) is 3.90. The summed E-state index contributed by atoms with van der Waals surface area (Å²) in [6.07, 6.45) is 0.915. The summed E-state index contributed by atoms with van der Waals surface area (Å²) in [5.74, 6) is 1.67. The van der Waals surface area contributed by atoms with Gasteiger partial charge in [0.25, 0.3) is 0 Å². The van der Waals surface area contributed by atoms with Crippen LogP contribution in [-0.2, 0) is 17.8 Å². The first-order valence-corrected chi connectivity index (χ1v) is 8.93. The molecular weight excluding hydrogens is 453 g/mol. The van der Waals surface area contributed by atoms with E-state index in [1.54, 1.807) is 14.2 Å². The minimum Gasteiger partial charge on any atom is -0.489 e. The van der Waals surface area contributed by atoms with Crippen LogP contribution in [0.3, 0.4) is 0 Å². The zero-order chi connectivity index (χ0) is 18.6. The molecule has 0 heterocycles. The number of ether oxygens (including phenoxy) is 2. The fourth-order valence-electron chi connectivity index (χ4n) is 2.54. The van der Waals surface area contributed by atoms with Gasteiger partial charge in [0.05, 0.1) is 6.61 Å². The summed E-state index contributed by atoms with van der Waals surface area (Å²) in [5.41, 5.74) is 2.42. The number of hydrogen-bond acceptors (Lipinski definition) is 3. The Kier molecular flexibility index (Phi) is 11.5. The number of aliphatic imine (C=N–C) groups is 1. The van der Waals surface area contributed by atoms with E-state index in [0.717, 1.165) is 24.7 Å². The Morgan fingerprint density at radius 1 is 1.04 bits per heavy atom. The molecule has 0 spiro atoms. The van der Waals surface area contributed by atoms with Crippen molar-refractivity contribution in [2.24, 2.45) is 4.99 Å². The van der Waals surface area contributed by atoms with Crippen molar-refractivity contribution in [2.45, 2.75) is 26.0 Å². The molecule has 0 aliphatic heterocycles. The Hall–Kier alpha value is -1.80. The van der Waals surface area contributed by atoms with Crippen molar-refractivity contribution in [3.8, 4) is 5.75 Å². The smallest absolute Gasteiger partial charge is 0.191 e. The van der Waals surface area contributed by atoms with Gasteiger partial charge in [-0.3, -0.25) is 4.99 Å². The molecule has 0 saturated carbocycles. The van der Waals surface area contributed by atoms with E-state index in [2.05, 4.69) is 46.8 Å². The van der Waals surface area contributed by atoms with E-state index >= 15 is 0 Å². The molecule has 0 aromatic heterocycles. The summed E-state index contributed by atoms with van der Waals surface area (Å²) in [7, 11) is 3.47. The first-order valence-electron chi connectivity index (χ1n) is 8.93. The van der Waals surface area contributed by atoms with Gasteiger partial charge in [0.2, 0.25) is 0 Å². The lowest BCUT2D eigenvalue weighted by Crippen LogP contribution is -2.44. The molecule has 2 N–H and O–H groups in total. The highest BCUT2D eigenvalue weighted by Gasteiger charge is 2.04. The molecule has 2 aromatic carbocycles. The van der Waals surface area contributed by atoms with Gasteiger partial charge < -0.3 is 20.1 Å². The van der Waals surface area contributed by atoms with E-state index in [1.807, 2.05) is 30.3 Å². The summed E-state index contributed by atoms with van der Waals surface area (Å²) in [5, 5.41) is 6.61. The van der Waals surface area contributed by atoms with Crippen LogP contribution >= 0.6 is 24.0 Å². The van der Waals surface area contributed by atoms with Gasteiger partial charge >= 0.3 is 0 Å². The molecule has 0 bridgehead atoms. The number of nitrogens with zero attached hydrogens (tertiary/aromatic N) is 1. The fourth-order valence-corrected chi connectivity index (χ4v) is 2.54. The number of guanidine groups is 1. The number of rotatable bonds is 9. The van der Waals surface area contributed by atoms with Crippen molar-refractivity contribution in [2.75, 3.05) is 27.3 Å². The third-order valence-electron chi connectivity index (χ3n) is 3.90. The number of halogens is 1. The first kappa shape index (κ1) is 23.2. The van der Waals surface area contributed by atoms with Crippen molar-refractivity contribution in [3.63, 3.8) is 0 Å². The Labute approximate surface area is 179 Å². The summed E-state index contributed by atoms with van der Waals surface area (Å²) in [6, 6.07) is 18.6. The predicted molar refractivity (Wildman–Crippen MR) is 122 cm³/mol. The van der Waals surface area contributed by atoms with E-state index < -0.39 is 0 Å². The average Bonchev–Trinajstić information content (AvgIpc) is 2.67. The largest absolute Gasteiger partial charge is 0.489 e. The van der Waals surface area contributed by atoms with Gasteiger partial charge in [0.1, 0.15) is 12.4 Å². The van der Waals surface area contributed by atoms with E-state index in [9.17, 15) is 0 Å². The molecule has 0 saturated heterocycles. The second-order valence-corrected chi connectivity index (χ2v) is 6.17.